The second-order valence-electron chi connectivity index (χ2n) is 3.03. The van der Waals surface area contributed by atoms with E-state index < -0.39 is 0 Å². The maximum absolute atomic E-state index is 3.16. The number of para-hydroxylation sites is 1. The molecule has 0 aromatic heterocycles. The lowest BCUT2D eigenvalue weighted by atomic mass is 10.1. The smallest absolute Gasteiger partial charge is 0.0411 e. The van der Waals surface area contributed by atoms with Crippen LogP contribution in [0.2, 0.25) is 0 Å². The van der Waals surface area contributed by atoms with E-state index in [2.05, 4.69) is 48.7 Å². The topological polar surface area (TPSA) is 12.0 Å². The van der Waals surface area contributed by atoms with E-state index in [1.807, 2.05) is 19.2 Å². The summed E-state index contributed by atoms with van der Waals surface area (Å²) in [5.41, 5.74) is 2.38. The molecule has 74 valence electrons. The van der Waals surface area contributed by atoms with Gasteiger partial charge in [0.1, 0.15) is 0 Å². The third-order valence-electron chi connectivity index (χ3n) is 1.99. The average Bonchev–Trinajstić information content (AvgIpc) is 2.25. The molecule has 0 unspecified atom stereocenters. The molecule has 1 aromatic carbocycles. The summed E-state index contributed by atoms with van der Waals surface area (Å²) < 4.78 is 0. The molecule has 0 bridgehead atoms. The Morgan fingerprint density at radius 1 is 1.21 bits per heavy atom. The van der Waals surface area contributed by atoms with Crippen molar-refractivity contribution >= 4 is 11.8 Å². The number of hydrogen-bond acceptors (Lipinski definition) is 1. The van der Waals surface area contributed by atoms with Crippen molar-refractivity contribution in [2.75, 3.05) is 12.4 Å². The number of nitrogens with one attached hydrogen (secondary N) is 1. The summed E-state index contributed by atoms with van der Waals surface area (Å²) in [5.74, 6) is 0. The molecular weight excluding hydrogens is 170 g/mol. The molecule has 0 amide bonds. The normalized spacial score (nSPS) is 11.3. The van der Waals surface area contributed by atoms with Crippen LogP contribution in [0.3, 0.4) is 0 Å². The van der Waals surface area contributed by atoms with Gasteiger partial charge in [0.15, 0.2) is 0 Å². The predicted octanol–water partition coefficient (Wildman–Crippen LogP) is 3.71. The summed E-state index contributed by atoms with van der Waals surface area (Å²) in [7, 11) is 1.94. The molecule has 0 saturated carbocycles. The highest BCUT2D eigenvalue weighted by molar-refractivity contribution is 5.66. The van der Waals surface area contributed by atoms with Crippen LogP contribution in [0.25, 0.3) is 6.08 Å². The van der Waals surface area contributed by atoms with E-state index in [9.17, 15) is 0 Å². The van der Waals surface area contributed by atoms with Gasteiger partial charge in [0, 0.05) is 12.7 Å². The summed E-state index contributed by atoms with van der Waals surface area (Å²) in [6, 6.07) is 8.25. The van der Waals surface area contributed by atoms with Gasteiger partial charge in [-0.25, -0.2) is 0 Å². The summed E-state index contributed by atoms with van der Waals surface area (Å²) in [6.45, 7) is 2.13. The quantitative estimate of drug-likeness (QED) is 0.708. The molecule has 0 spiro atoms. The maximum atomic E-state index is 3.16. The molecule has 0 aliphatic carbocycles. The fourth-order valence-electron chi connectivity index (χ4n) is 1.24. The van der Waals surface area contributed by atoms with Gasteiger partial charge < -0.3 is 5.32 Å². The fraction of sp³-hybridized carbons (Fsp3) is 0.231. The van der Waals surface area contributed by atoms with Crippen molar-refractivity contribution in [3.8, 4) is 0 Å². The molecule has 1 N–H and O–H groups in total. The SMILES string of the molecule is CC/C=C/C=C\c1ccccc1NC. The largest absolute Gasteiger partial charge is 0.388 e. The molecule has 0 heterocycles. The lowest BCUT2D eigenvalue weighted by Crippen LogP contribution is -1.89. The molecule has 1 heteroatoms. The van der Waals surface area contributed by atoms with Gasteiger partial charge in [0.25, 0.3) is 0 Å². The first-order valence-corrected chi connectivity index (χ1v) is 4.98. The third kappa shape index (κ3) is 3.09. The number of hydrogen-bond donors (Lipinski definition) is 1. The maximum Gasteiger partial charge on any atom is 0.0411 e. The monoisotopic (exact) mass is 187 g/mol. The molecular formula is C13H17N. The molecule has 0 radical (unpaired) electrons. The summed E-state index contributed by atoms with van der Waals surface area (Å²) in [4.78, 5) is 0. The molecule has 0 aliphatic heterocycles. The van der Waals surface area contributed by atoms with E-state index in [4.69, 9.17) is 0 Å². The minimum atomic E-state index is 1.08. The van der Waals surface area contributed by atoms with Crippen LogP contribution >= 0.6 is 0 Å². The average molecular weight is 187 g/mol. The lowest BCUT2D eigenvalue weighted by molar-refractivity contribution is 1.22. The Morgan fingerprint density at radius 2 is 2.00 bits per heavy atom. The first-order valence-electron chi connectivity index (χ1n) is 4.98. The van der Waals surface area contributed by atoms with Gasteiger partial charge in [-0.15, -0.1) is 0 Å². The molecule has 0 aliphatic rings. The Hall–Kier alpha value is -1.50. The Balaban J connectivity index is 2.75. The zero-order chi connectivity index (χ0) is 10.2. The Labute approximate surface area is 86.2 Å². The van der Waals surface area contributed by atoms with Crippen molar-refractivity contribution < 1.29 is 0 Å². The van der Waals surface area contributed by atoms with Crippen LogP contribution in [0, 0.1) is 0 Å². The first kappa shape index (κ1) is 10.6. The molecule has 1 aromatic rings. The molecule has 0 saturated heterocycles. The van der Waals surface area contributed by atoms with Crippen LogP contribution in [0.4, 0.5) is 5.69 Å². The van der Waals surface area contributed by atoms with Crippen molar-refractivity contribution in [2.45, 2.75) is 13.3 Å². The number of rotatable bonds is 4. The van der Waals surface area contributed by atoms with Gasteiger partial charge in [-0.2, -0.15) is 0 Å². The van der Waals surface area contributed by atoms with E-state index in [1.54, 1.807) is 0 Å². The first-order chi connectivity index (χ1) is 6.88. The van der Waals surface area contributed by atoms with E-state index in [0.29, 0.717) is 0 Å². The van der Waals surface area contributed by atoms with Crippen LogP contribution in [-0.4, -0.2) is 7.05 Å². The molecule has 1 nitrogen and oxygen atoms in total. The zero-order valence-electron chi connectivity index (χ0n) is 8.83. The van der Waals surface area contributed by atoms with Crippen molar-refractivity contribution in [1.29, 1.82) is 0 Å². The highest BCUT2D eigenvalue weighted by atomic mass is 14.8. The summed E-state index contributed by atoms with van der Waals surface area (Å²) in [5, 5.41) is 3.16. The fourth-order valence-corrected chi connectivity index (χ4v) is 1.24. The van der Waals surface area contributed by atoms with Crippen molar-refractivity contribution in [3.05, 3.63) is 48.1 Å². The minimum absolute atomic E-state index is 1.08. The Morgan fingerprint density at radius 3 is 2.71 bits per heavy atom. The third-order valence-corrected chi connectivity index (χ3v) is 1.99. The van der Waals surface area contributed by atoms with Crippen LogP contribution in [0.15, 0.2) is 42.5 Å². The van der Waals surface area contributed by atoms with Gasteiger partial charge in [0.05, 0.1) is 0 Å². The van der Waals surface area contributed by atoms with Crippen molar-refractivity contribution in [3.63, 3.8) is 0 Å². The number of benzene rings is 1. The molecule has 14 heavy (non-hydrogen) atoms. The molecule has 1 rings (SSSR count). The molecule has 0 atom stereocenters. The number of anilines is 1. The highest BCUT2D eigenvalue weighted by Crippen LogP contribution is 2.15. The summed E-state index contributed by atoms with van der Waals surface area (Å²) in [6.07, 6.45) is 9.47. The second kappa shape index (κ2) is 6.03. The van der Waals surface area contributed by atoms with Crippen molar-refractivity contribution in [2.24, 2.45) is 0 Å². The second-order valence-corrected chi connectivity index (χ2v) is 3.03. The van der Waals surface area contributed by atoms with Gasteiger partial charge >= 0.3 is 0 Å². The van der Waals surface area contributed by atoms with Crippen LogP contribution in [-0.2, 0) is 0 Å². The van der Waals surface area contributed by atoms with Gasteiger partial charge in [-0.05, 0) is 18.1 Å². The predicted molar refractivity (Wildman–Crippen MR) is 64.5 cm³/mol. The minimum Gasteiger partial charge on any atom is -0.388 e. The summed E-state index contributed by atoms with van der Waals surface area (Å²) >= 11 is 0. The van der Waals surface area contributed by atoms with Crippen LogP contribution < -0.4 is 5.32 Å². The Bertz CT molecular complexity index is 324. The van der Waals surface area contributed by atoms with E-state index in [0.717, 1.165) is 12.1 Å². The van der Waals surface area contributed by atoms with Gasteiger partial charge in [-0.1, -0.05) is 49.4 Å². The zero-order valence-corrected chi connectivity index (χ0v) is 8.83. The van der Waals surface area contributed by atoms with Gasteiger partial charge in [-0.3, -0.25) is 0 Å². The Kier molecular flexibility index (Phi) is 4.56. The van der Waals surface area contributed by atoms with E-state index >= 15 is 0 Å². The number of allylic oxidation sites excluding steroid dienone is 3. The van der Waals surface area contributed by atoms with Crippen LogP contribution in [0.1, 0.15) is 18.9 Å². The van der Waals surface area contributed by atoms with E-state index in [1.165, 1.54) is 5.56 Å². The standard InChI is InChI=1S/C13H17N/c1-3-4-5-6-9-12-10-7-8-11-13(12)14-2/h4-11,14H,3H2,1-2H3/b5-4+,9-6-. The highest BCUT2D eigenvalue weighted by Gasteiger charge is 1.92. The molecule has 0 fully saturated rings. The van der Waals surface area contributed by atoms with Crippen molar-refractivity contribution in [1.82, 2.24) is 0 Å². The lowest BCUT2D eigenvalue weighted by Gasteiger charge is -2.03. The van der Waals surface area contributed by atoms with Gasteiger partial charge in [0.2, 0.25) is 0 Å². The van der Waals surface area contributed by atoms with Crippen LogP contribution in [0.5, 0.6) is 0 Å². The van der Waals surface area contributed by atoms with E-state index in [-0.39, 0.29) is 0 Å².